The van der Waals surface area contributed by atoms with Crippen molar-refractivity contribution >= 4 is 65.9 Å². The maximum absolute atomic E-state index is 14.3. The van der Waals surface area contributed by atoms with Crippen LogP contribution in [0.15, 0.2) is 85.2 Å². The van der Waals surface area contributed by atoms with Gasteiger partial charge in [-0.25, -0.2) is 18.4 Å². The molecule has 6 amide bonds. The van der Waals surface area contributed by atoms with E-state index in [9.17, 15) is 42.7 Å². The van der Waals surface area contributed by atoms with Gasteiger partial charge in [-0.3, -0.25) is 38.9 Å². The maximum atomic E-state index is 14.3. The summed E-state index contributed by atoms with van der Waals surface area (Å²) in [6, 6.07) is 17.6. The van der Waals surface area contributed by atoms with Crippen LogP contribution in [0.3, 0.4) is 0 Å². The van der Waals surface area contributed by atoms with Crippen LogP contribution < -0.4 is 13.9 Å². The summed E-state index contributed by atoms with van der Waals surface area (Å²) in [4.78, 5) is 99.7. The number of halogens is 2. The number of benzene rings is 4. The van der Waals surface area contributed by atoms with E-state index in [0.717, 1.165) is 9.80 Å². The molecule has 0 aliphatic carbocycles. The lowest BCUT2D eigenvalue weighted by molar-refractivity contribution is 0.0625. The van der Waals surface area contributed by atoms with Gasteiger partial charge in [-0.15, -0.1) is 0 Å². The van der Waals surface area contributed by atoms with Gasteiger partial charge in [0.25, 0.3) is 31.9 Å². The van der Waals surface area contributed by atoms with Crippen molar-refractivity contribution in [3.63, 3.8) is 0 Å². The van der Waals surface area contributed by atoms with E-state index in [0.29, 0.717) is 74.4 Å². The minimum Gasteiger partial charge on any atom is -0.541 e. The second-order valence-electron chi connectivity index (χ2n) is 21.0. The molecule has 4 aliphatic rings. The van der Waals surface area contributed by atoms with Crippen molar-refractivity contribution in [2.75, 3.05) is 66.5 Å². The van der Waals surface area contributed by atoms with Crippen LogP contribution >= 0.6 is 0 Å². The fraction of sp³-hybridized carbons (Fsp3) is 0.368. The second-order valence-corrected chi connectivity index (χ2v) is 26.4. The molecule has 78 heavy (non-hydrogen) atoms. The van der Waals surface area contributed by atoms with Crippen molar-refractivity contribution in [2.45, 2.75) is 71.3 Å². The standard InChI is InChI=1S/C33H41FN4O5Si.C24H21FN4O5/c1-20(2)44(21(3)4,22(5)6)43-30-27-26(31(39)38(32(27)40)19-23-10-12-24(34)13-11-23)29(25-9-8-14-35-28(25)30)42-33(41)37-17-15-36(7)16-18-37;1-27-9-11-28(12-10-27)24(33)34-21-16-3-2-8-26-19(16)20(30)17-18(21)23(32)29(22(17)31)13-14-4-6-15(25)7-5-14/h8-14,20-22H,15-19H2,1-7H3;2-8,30H,9-13H2,1H3. The van der Waals surface area contributed by atoms with Gasteiger partial charge in [-0.05, 0) is 90.4 Å². The lowest BCUT2D eigenvalue weighted by atomic mass is 10.0. The molecule has 0 spiro atoms. The average molecular weight is 1090 g/mol. The van der Waals surface area contributed by atoms with E-state index >= 15 is 0 Å². The Morgan fingerprint density at radius 2 is 0.897 bits per heavy atom. The third-order valence-corrected chi connectivity index (χ3v) is 21.2. The maximum Gasteiger partial charge on any atom is 0.415 e. The third kappa shape index (κ3) is 10.2. The number of rotatable bonds is 11. The first kappa shape index (κ1) is 54.9. The van der Waals surface area contributed by atoms with Crippen LogP contribution in [0.2, 0.25) is 16.6 Å². The number of ether oxygens (including phenoxy) is 2. The number of carbonyl (C=O) groups excluding carboxylic acids is 6. The van der Waals surface area contributed by atoms with Crippen LogP contribution in [0.5, 0.6) is 23.0 Å². The normalized spacial score (nSPS) is 16.2. The highest BCUT2D eigenvalue weighted by Crippen LogP contribution is 2.50. The zero-order chi connectivity index (χ0) is 55.9. The van der Waals surface area contributed by atoms with Crippen molar-refractivity contribution in [1.82, 2.24) is 39.4 Å². The molecule has 10 rings (SSSR count). The smallest absolute Gasteiger partial charge is 0.415 e. The number of imide groups is 2. The van der Waals surface area contributed by atoms with E-state index in [1.807, 2.05) is 14.1 Å². The number of pyridine rings is 2. The summed E-state index contributed by atoms with van der Waals surface area (Å²) in [7, 11) is 1.29. The molecular formula is C57H62F2N8O10Si. The van der Waals surface area contributed by atoms with Crippen LogP contribution in [0.1, 0.15) is 94.1 Å². The third-order valence-electron chi connectivity index (χ3n) is 15.2. The molecule has 0 bridgehead atoms. The Morgan fingerprint density at radius 1 is 0.538 bits per heavy atom. The van der Waals surface area contributed by atoms with Crippen molar-refractivity contribution in [3.8, 4) is 23.0 Å². The van der Waals surface area contributed by atoms with Crippen molar-refractivity contribution in [1.29, 1.82) is 0 Å². The van der Waals surface area contributed by atoms with Crippen LogP contribution in [-0.2, 0) is 13.1 Å². The fourth-order valence-corrected chi connectivity index (χ4v) is 16.3. The van der Waals surface area contributed by atoms with E-state index in [1.165, 1.54) is 59.6 Å². The van der Waals surface area contributed by atoms with Crippen LogP contribution in [0, 0.1) is 11.6 Å². The monoisotopic (exact) mass is 1080 g/mol. The van der Waals surface area contributed by atoms with Crippen molar-refractivity contribution in [3.05, 3.63) is 130 Å². The minimum absolute atomic E-state index is 0.00485. The summed E-state index contributed by atoms with van der Waals surface area (Å²) >= 11 is 0. The van der Waals surface area contributed by atoms with Gasteiger partial charge in [0.05, 0.1) is 18.7 Å². The van der Waals surface area contributed by atoms with Crippen LogP contribution in [0.4, 0.5) is 18.4 Å². The lowest BCUT2D eigenvalue weighted by Crippen LogP contribution is -2.51. The average Bonchev–Trinajstić information content (AvgIpc) is 3.86. The van der Waals surface area contributed by atoms with Gasteiger partial charge >= 0.3 is 12.2 Å². The molecule has 2 saturated heterocycles. The zero-order valence-electron chi connectivity index (χ0n) is 44.8. The lowest BCUT2D eigenvalue weighted by Gasteiger charge is -2.42. The number of carbonyl (C=O) groups is 6. The summed E-state index contributed by atoms with van der Waals surface area (Å²) in [5, 5.41) is 11.5. The highest BCUT2D eigenvalue weighted by atomic mass is 28.4. The summed E-state index contributed by atoms with van der Waals surface area (Å²) in [5.41, 5.74) is 1.65. The molecule has 1 N–H and O–H groups in total. The number of phenolic OH excluding ortho intramolecular Hbond substituents is 1. The number of amides is 6. The summed E-state index contributed by atoms with van der Waals surface area (Å²) < 4.78 is 45.8. The van der Waals surface area contributed by atoms with Gasteiger partial charge in [0.15, 0.2) is 17.2 Å². The number of hydrogen-bond acceptors (Lipinski definition) is 14. The van der Waals surface area contributed by atoms with E-state index in [1.54, 1.807) is 35.4 Å². The summed E-state index contributed by atoms with van der Waals surface area (Å²) in [6.07, 6.45) is 1.79. The number of hydrogen-bond donors (Lipinski definition) is 1. The molecule has 0 saturated carbocycles. The molecule has 6 aromatic rings. The second kappa shape index (κ2) is 22.2. The zero-order valence-corrected chi connectivity index (χ0v) is 45.8. The summed E-state index contributed by atoms with van der Waals surface area (Å²) in [6.45, 7) is 17.2. The SMILES string of the molecule is CC(C)[Si](Oc1c2c(c(OC(=O)N3CCN(C)CC3)c3cccnc13)C(=O)N(Cc1ccc(F)cc1)C2=O)(C(C)C)C(C)C.CN1CCN(C(=O)Oc2c3c(c(O)c4ncccc24)C(=O)N(Cc2ccc(F)cc2)C3=O)CC1. The molecule has 4 aromatic carbocycles. The van der Waals surface area contributed by atoms with Crippen molar-refractivity contribution in [2.24, 2.45) is 0 Å². The number of likely N-dealkylation sites (N-methyl/N-ethyl adjacent to an activating group) is 2. The molecule has 408 valence electrons. The molecule has 2 fully saturated rings. The van der Waals surface area contributed by atoms with E-state index in [2.05, 4.69) is 61.3 Å². The number of phenols is 1. The molecular weight excluding hydrogens is 1020 g/mol. The first-order valence-electron chi connectivity index (χ1n) is 26.0. The Bertz CT molecular complexity index is 3320. The highest BCUT2D eigenvalue weighted by molar-refractivity contribution is 6.78. The first-order valence-corrected chi connectivity index (χ1v) is 28.1. The molecule has 4 aliphatic heterocycles. The fourth-order valence-electron chi connectivity index (χ4n) is 11.0. The van der Waals surface area contributed by atoms with Gasteiger partial charge in [0.2, 0.25) is 0 Å². The minimum atomic E-state index is -2.65. The highest BCUT2D eigenvalue weighted by Gasteiger charge is 2.51. The first-order chi connectivity index (χ1) is 37.2. The van der Waals surface area contributed by atoms with Gasteiger partial charge in [-0.2, -0.15) is 0 Å². The number of fused-ring (bicyclic) bond motifs is 4. The van der Waals surface area contributed by atoms with E-state index in [4.69, 9.17) is 13.9 Å². The largest absolute Gasteiger partial charge is 0.541 e. The molecule has 0 radical (unpaired) electrons. The van der Waals surface area contributed by atoms with E-state index in [-0.39, 0.29) is 80.1 Å². The van der Waals surface area contributed by atoms with Gasteiger partial charge in [0, 0.05) is 75.5 Å². The topological polar surface area (TPSA) is 196 Å². The van der Waals surface area contributed by atoms with Gasteiger partial charge in [-0.1, -0.05) is 65.8 Å². The predicted octanol–water partition coefficient (Wildman–Crippen LogP) is 9.09. The van der Waals surface area contributed by atoms with E-state index < -0.39 is 61.5 Å². The molecule has 0 unspecified atom stereocenters. The molecule has 6 heterocycles. The predicted molar refractivity (Wildman–Crippen MR) is 288 cm³/mol. The number of nitrogens with zero attached hydrogens (tertiary/aromatic N) is 8. The molecule has 18 nitrogen and oxygen atoms in total. The Hall–Kier alpha value is -7.88. The van der Waals surface area contributed by atoms with Crippen LogP contribution in [-0.4, -0.2) is 155 Å². The van der Waals surface area contributed by atoms with Gasteiger partial charge in [0.1, 0.15) is 45.1 Å². The van der Waals surface area contributed by atoms with Crippen molar-refractivity contribution < 1.29 is 56.6 Å². The summed E-state index contributed by atoms with van der Waals surface area (Å²) in [5.74, 6) is -3.78. The number of aromatic hydroxyl groups is 1. The van der Waals surface area contributed by atoms with Crippen LogP contribution in [0.25, 0.3) is 21.8 Å². The quantitative estimate of drug-likeness (QED) is 0.0953. The molecule has 0 atom stereocenters. The molecule has 21 heteroatoms. The Labute approximate surface area is 451 Å². The number of aromatic nitrogens is 2. The Balaban J connectivity index is 0.000000196. The Morgan fingerprint density at radius 3 is 1.31 bits per heavy atom. The van der Waals surface area contributed by atoms with Gasteiger partial charge < -0.3 is 38.6 Å². The Kier molecular flexibility index (Phi) is 15.6. The molecule has 2 aromatic heterocycles. The number of piperazine rings is 2.